The summed E-state index contributed by atoms with van der Waals surface area (Å²) in [5.41, 5.74) is 2.93. The van der Waals surface area contributed by atoms with Gasteiger partial charge in [0, 0.05) is 5.56 Å². The Labute approximate surface area is 116 Å². The SMILES string of the molecule is CC1(C)OB(c2ncsc2-c2ccoc2)OC1(C)C. The molecule has 0 aromatic carbocycles. The van der Waals surface area contributed by atoms with E-state index in [-0.39, 0.29) is 11.2 Å². The normalized spacial score (nSPS) is 20.9. The van der Waals surface area contributed by atoms with Gasteiger partial charge >= 0.3 is 7.12 Å². The molecule has 0 aliphatic carbocycles. The maximum Gasteiger partial charge on any atom is 0.516 e. The Bertz CT molecular complexity index is 560. The Morgan fingerprint density at radius 3 is 2.42 bits per heavy atom. The van der Waals surface area contributed by atoms with Crippen LogP contribution < -0.4 is 5.59 Å². The van der Waals surface area contributed by atoms with Crippen LogP contribution in [0.3, 0.4) is 0 Å². The van der Waals surface area contributed by atoms with Crippen molar-refractivity contribution in [1.29, 1.82) is 0 Å². The third kappa shape index (κ3) is 2.04. The van der Waals surface area contributed by atoms with E-state index in [9.17, 15) is 0 Å². The highest BCUT2D eigenvalue weighted by Crippen LogP contribution is 2.37. The molecule has 3 heterocycles. The summed E-state index contributed by atoms with van der Waals surface area (Å²) in [4.78, 5) is 5.45. The van der Waals surface area contributed by atoms with Gasteiger partial charge in [0.2, 0.25) is 0 Å². The molecule has 0 saturated carbocycles. The van der Waals surface area contributed by atoms with Crippen LogP contribution in [0.25, 0.3) is 10.4 Å². The molecule has 1 aliphatic rings. The van der Waals surface area contributed by atoms with Crippen LogP contribution in [-0.2, 0) is 9.31 Å². The summed E-state index contributed by atoms with van der Waals surface area (Å²) in [6.45, 7) is 8.15. The molecule has 0 radical (unpaired) electrons. The number of aromatic nitrogens is 1. The van der Waals surface area contributed by atoms with E-state index < -0.39 is 7.12 Å². The molecule has 19 heavy (non-hydrogen) atoms. The van der Waals surface area contributed by atoms with Crippen molar-refractivity contribution < 1.29 is 13.7 Å². The zero-order valence-corrected chi connectivity index (χ0v) is 12.3. The summed E-state index contributed by atoms with van der Waals surface area (Å²) in [6, 6.07) is 1.92. The van der Waals surface area contributed by atoms with E-state index in [4.69, 9.17) is 13.7 Å². The third-order valence-electron chi connectivity index (χ3n) is 3.85. The van der Waals surface area contributed by atoms with Crippen molar-refractivity contribution in [3.8, 4) is 10.4 Å². The van der Waals surface area contributed by atoms with E-state index in [0.717, 1.165) is 16.0 Å². The molecule has 0 amide bonds. The number of thiazole rings is 1. The Balaban J connectivity index is 1.96. The van der Waals surface area contributed by atoms with Crippen LogP contribution in [0.4, 0.5) is 0 Å². The fourth-order valence-corrected chi connectivity index (χ4v) is 2.78. The monoisotopic (exact) mass is 277 g/mol. The molecule has 0 spiro atoms. The fourth-order valence-electron chi connectivity index (χ4n) is 1.99. The second-order valence-electron chi connectivity index (χ2n) is 5.67. The van der Waals surface area contributed by atoms with E-state index in [1.54, 1.807) is 23.9 Å². The molecule has 2 aromatic heterocycles. The third-order valence-corrected chi connectivity index (χ3v) is 4.75. The van der Waals surface area contributed by atoms with Crippen molar-refractivity contribution in [3.05, 3.63) is 24.1 Å². The van der Waals surface area contributed by atoms with Crippen LogP contribution in [0.2, 0.25) is 0 Å². The molecule has 1 saturated heterocycles. The van der Waals surface area contributed by atoms with Crippen molar-refractivity contribution in [2.75, 3.05) is 0 Å². The largest absolute Gasteiger partial charge is 0.516 e. The molecule has 6 heteroatoms. The molecule has 3 rings (SSSR count). The minimum Gasteiger partial charge on any atom is -0.472 e. The van der Waals surface area contributed by atoms with Gasteiger partial charge in [-0.05, 0) is 33.8 Å². The van der Waals surface area contributed by atoms with Crippen LogP contribution in [-0.4, -0.2) is 23.3 Å². The van der Waals surface area contributed by atoms with Crippen molar-refractivity contribution in [2.45, 2.75) is 38.9 Å². The predicted octanol–water partition coefficient (Wildman–Crippen LogP) is 2.70. The second kappa shape index (κ2) is 4.20. The first kappa shape index (κ1) is 12.9. The number of rotatable bonds is 2. The minimum absolute atomic E-state index is 0.352. The van der Waals surface area contributed by atoms with Gasteiger partial charge in [0.1, 0.15) is 0 Å². The molecule has 2 aromatic rings. The predicted molar refractivity (Wildman–Crippen MR) is 75.5 cm³/mol. The molecule has 0 unspecified atom stereocenters. The lowest BCUT2D eigenvalue weighted by molar-refractivity contribution is 0.00578. The summed E-state index contributed by atoms with van der Waals surface area (Å²) >= 11 is 1.56. The van der Waals surface area contributed by atoms with Crippen LogP contribution >= 0.6 is 11.3 Å². The van der Waals surface area contributed by atoms with Gasteiger partial charge in [-0.25, -0.2) is 0 Å². The summed E-state index contributed by atoms with van der Waals surface area (Å²) < 4.78 is 17.2. The van der Waals surface area contributed by atoms with Gasteiger partial charge in [-0.2, -0.15) is 0 Å². The summed E-state index contributed by atoms with van der Waals surface area (Å²) in [5, 5.41) is 0. The average molecular weight is 277 g/mol. The maximum absolute atomic E-state index is 6.04. The maximum atomic E-state index is 6.04. The fraction of sp³-hybridized carbons (Fsp3) is 0.462. The van der Waals surface area contributed by atoms with Crippen LogP contribution in [0.5, 0.6) is 0 Å². The van der Waals surface area contributed by atoms with Gasteiger partial charge < -0.3 is 13.7 Å². The highest BCUT2D eigenvalue weighted by atomic mass is 32.1. The van der Waals surface area contributed by atoms with Crippen LogP contribution in [0.15, 0.2) is 28.5 Å². The first-order valence-corrected chi connectivity index (χ1v) is 7.10. The molecule has 0 N–H and O–H groups in total. The van der Waals surface area contributed by atoms with E-state index in [2.05, 4.69) is 4.98 Å². The van der Waals surface area contributed by atoms with Crippen LogP contribution in [0, 0.1) is 0 Å². The summed E-state index contributed by atoms with van der Waals surface area (Å²) in [7, 11) is -0.429. The number of hydrogen-bond acceptors (Lipinski definition) is 5. The zero-order chi connectivity index (χ0) is 13.7. The van der Waals surface area contributed by atoms with Crippen molar-refractivity contribution >= 4 is 24.0 Å². The number of furan rings is 1. The summed E-state index contributed by atoms with van der Waals surface area (Å²) in [5.74, 6) is 0. The Morgan fingerprint density at radius 2 is 1.84 bits per heavy atom. The Morgan fingerprint density at radius 1 is 1.16 bits per heavy atom. The quantitative estimate of drug-likeness (QED) is 0.792. The highest BCUT2D eigenvalue weighted by Gasteiger charge is 2.53. The van der Waals surface area contributed by atoms with Gasteiger partial charge in [-0.3, -0.25) is 4.98 Å². The molecule has 1 aliphatic heterocycles. The molecule has 100 valence electrons. The molecular formula is C13H16BNO3S. The lowest BCUT2D eigenvalue weighted by Gasteiger charge is -2.32. The second-order valence-corrected chi connectivity index (χ2v) is 6.52. The molecule has 0 bridgehead atoms. The topological polar surface area (TPSA) is 44.5 Å². The minimum atomic E-state index is -0.429. The van der Waals surface area contributed by atoms with Gasteiger partial charge in [0.25, 0.3) is 0 Å². The van der Waals surface area contributed by atoms with Crippen molar-refractivity contribution in [2.24, 2.45) is 0 Å². The molecule has 1 fully saturated rings. The van der Waals surface area contributed by atoms with Gasteiger partial charge in [0.05, 0.1) is 39.7 Å². The summed E-state index contributed by atoms with van der Waals surface area (Å²) in [6.07, 6.45) is 3.37. The van der Waals surface area contributed by atoms with Gasteiger partial charge in [-0.15, -0.1) is 11.3 Å². The molecule has 0 atom stereocenters. The highest BCUT2D eigenvalue weighted by molar-refractivity contribution is 7.14. The van der Waals surface area contributed by atoms with Crippen LogP contribution in [0.1, 0.15) is 27.7 Å². The standard InChI is InChI=1S/C13H16BNO3S/c1-12(2)13(3,4)18-14(17-12)11-10(19-8-15-11)9-5-6-16-7-9/h5-8H,1-4H3. The van der Waals surface area contributed by atoms with E-state index >= 15 is 0 Å². The average Bonchev–Trinajstić information content (AvgIpc) is 3.00. The van der Waals surface area contributed by atoms with Crippen molar-refractivity contribution in [1.82, 2.24) is 4.98 Å². The molecule has 4 nitrogen and oxygen atoms in total. The lowest BCUT2D eigenvalue weighted by Crippen LogP contribution is -2.41. The Kier molecular flexibility index (Phi) is 2.85. The first-order valence-electron chi connectivity index (χ1n) is 6.22. The van der Waals surface area contributed by atoms with E-state index in [0.29, 0.717) is 0 Å². The molecular weight excluding hydrogens is 261 g/mol. The van der Waals surface area contributed by atoms with E-state index in [1.807, 2.05) is 39.3 Å². The van der Waals surface area contributed by atoms with E-state index in [1.165, 1.54) is 0 Å². The lowest BCUT2D eigenvalue weighted by atomic mass is 9.83. The smallest absolute Gasteiger partial charge is 0.472 e. The van der Waals surface area contributed by atoms with Crippen molar-refractivity contribution in [3.63, 3.8) is 0 Å². The van der Waals surface area contributed by atoms with Gasteiger partial charge in [0.15, 0.2) is 0 Å². The zero-order valence-electron chi connectivity index (χ0n) is 11.5. The Hall–Kier alpha value is -1.11. The first-order chi connectivity index (χ1) is 8.91. The van der Waals surface area contributed by atoms with Gasteiger partial charge in [-0.1, -0.05) is 0 Å². The number of hydrogen-bond donors (Lipinski definition) is 0. The number of nitrogens with zero attached hydrogens (tertiary/aromatic N) is 1.